The Hall–Kier alpha value is -0.840. The van der Waals surface area contributed by atoms with E-state index in [0.717, 1.165) is 42.4 Å². The van der Waals surface area contributed by atoms with E-state index in [4.69, 9.17) is 0 Å². The first kappa shape index (κ1) is 22.4. The Morgan fingerprint density at radius 1 is 1.00 bits per heavy atom. The smallest absolute Gasteiger partial charge is 0.134 e. The molecule has 0 N–H and O–H groups in total. The van der Waals surface area contributed by atoms with E-state index in [2.05, 4.69) is 40.7 Å². The number of hydrogen-bond acceptors (Lipinski definition) is 2. The summed E-state index contributed by atoms with van der Waals surface area (Å²) in [6.45, 7) is 12.3. The predicted molar refractivity (Wildman–Crippen MR) is 123 cm³/mol. The summed E-state index contributed by atoms with van der Waals surface area (Å²) in [5.74, 6) is 5.19. The van der Waals surface area contributed by atoms with Gasteiger partial charge in [-0.05, 0) is 91.3 Å². The van der Waals surface area contributed by atoms with Crippen molar-refractivity contribution in [2.75, 3.05) is 0 Å². The van der Waals surface area contributed by atoms with E-state index in [0.29, 0.717) is 30.0 Å². The molecule has 4 saturated carbocycles. The van der Waals surface area contributed by atoms with Crippen LogP contribution >= 0.6 is 0 Å². The van der Waals surface area contributed by atoms with Gasteiger partial charge in [0.05, 0.1) is 11.5 Å². The van der Waals surface area contributed by atoms with Crippen LogP contribution in [0.25, 0.3) is 0 Å². The molecular formula is C28H45NO. The van der Waals surface area contributed by atoms with Gasteiger partial charge >= 0.3 is 0 Å². The lowest BCUT2D eigenvalue weighted by molar-refractivity contribution is -0.154. The van der Waals surface area contributed by atoms with Crippen LogP contribution in [-0.4, -0.2) is 5.78 Å². The highest BCUT2D eigenvalue weighted by Gasteiger charge is 2.65. The fourth-order valence-corrected chi connectivity index (χ4v) is 9.32. The normalized spacial score (nSPS) is 46.6. The lowest BCUT2D eigenvalue weighted by Crippen LogP contribution is -2.58. The molecule has 4 fully saturated rings. The average molecular weight is 412 g/mol. The maximum Gasteiger partial charge on any atom is 0.134 e. The van der Waals surface area contributed by atoms with Crippen molar-refractivity contribution in [2.24, 2.45) is 51.8 Å². The second kappa shape index (κ2) is 7.94. The molecule has 0 bridgehead atoms. The number of fused-ring (bicyclic) bond motifs is 5. The lowest BCUT2D eigenvalue weighted by atomic mass is 9.40. The summed E-state index contributed by atoms with van der Waals surface area (Å²) in [7, 11) is 0. The maximum atomic E-state index is 12.3. The van der Waals surface area contributed by atoms with Crippen molar-refractivity contribution < 1.29 is 4.79 Å². The first-order chi connectivity index (χ1) is 14.2. The van der Waals surface area contributed by atoms with Gasteiger partial charge < -0.3 is 0 Å². The van der Waals surface area contributed by atoms with Crippen LogP contribution in [0.4, 0.5) is 0 Å². The fraction of sp³-hybridized carbons (Fsp3) is 0.929. The minimum atomic E-state index is -0.376. The van der Waals surface area contributed by atoms with Crippen LogP contribution in [0.3, 0.4) is 0 Å². The second-order valence-electron chi connectivity index (χ2n) is 12.8. The molecule has 30 heavy (non-hydrogen) atoms. The topological polar surface area (TPSA) is 40.9 Å². The Labute approximate surface area is 185 Å². The third kappa shape index (κ3) is 3.29. The summed E-state index contributed by atoms with van der Waals surface area (Å²) in [5, 5.41) is 10.2. The molecule has 4 rings (SSSR count). The molecular weight excluding hydrogens is 366 g/mol. The molecule has 0 aromatic heterocycles. The summed E-state index contributed by atoms with van der Waals surface area (Å²) in [5.41, 5.74) is 0.187. The van der Waals surface area contributed by atoms with Gasteiger partial charge in [-0.15, -0.1) is 0 Å². The van der Waals surface area contributed by atoms with E-state index in [1.54, 1.807) is 0 Å². The number of nitrogens with zero attached hydrogens (tertiary/aromatic N) is 1. The van der Waals surface area contributed by atoms with Crippen molar-refractivity contribution in [2.45, 2.75) is 112 Å². The van der Waals surface area contributed by atoms with Crippen molar-refractivity contribution in [3.8, 4) is 6.07 Å². The number of ketones is 1. The molecule has 0 aliphatic heterocycles. The van der Waals surface area contributed by atoms with Gasteiger partial charge in [0.1, 0.15) is 5.78 Å². The Morgan fingerprint density at radius 3 is 2.47 bits per heavy atom. The van der Waals surface area contributed by atoms with Gasteiger partial charge in [-0.3, -0.25) is 4.79 Å². The SMILES string of the molecule is CC(C)CCC[C@@H](C)[C@H]1CC[C@H]2[C@@H]3CC[C@]4(C#N)CC(=O)CC[C@]4(C)[C@H]3CC[C@]12C. The van der Waals surface area contributed by atoms with Crippen LogP contribution in [0.2, 0.25) is 0 Å². The molecule has 4 aliphatic rings. The zero-order valence-electron chi connectivity index (χ0n) is 20.3. The number of carbonyl (C=O) groups is 1. The molecule has 0 spiro atoms. The zero-order valence-corrected chi connectivity index (χ0v) is 20.3. The number of nitriles is 1. The van der Waals surface area contributed by atoms with Crippen LogP contribution in [0.15, 0.2) is 0 Å². The molecule has 0 heterocycles. The van der Waals surface area contributed by atoms with E-state index in [1.165, 1.54) is 51.4 Å². The largest absolute Gasteiger partial charge is 0.300 e. The standard InChI is InChI=1S/C28H45NO/c1-19(2)7-6-8-20(3)23-9-10-24-22-12-16-28(18-29)17-21(30)11-15-27(28,5)25(22)13-14-26(23,24)4/h19-20,22-25H,6-17H2,1-5H3/t20-,22+,23-,24+,25+,26-,27-,28-/m1/s1. The Kier molecular flexibility index (Phi) is 5.91. The summed E-state index contributed by atoms with van der Waals surface area (Å²) >= 11 is 0. The Balaban J connectivity index is 1.53. The van der Waals surface area contributed by atoms with Crippen molar-refractivity contribution >= 4 is 5.78 Å². The molecule has 0 aromatic carbocycles. The summed E-state index contributed by atoms with van der Waals surface area (Å²) in [6, 6.07) is 2.73. The highest BCUT2D eigenvalue weighted by Crippen LogP contribution is 2.71. The van der Waals surface area contributed by atoms with Crippen molar-refractivity contribution in [1.82, 2.24) is 0 Å². The third-order valence-electron chi connectivity index (χ3n) is 11.1. The number of rotatable bonds is 5. The minimum absolute atomic E-state index is 0.0564. The van der Waals surface area contributed by atoms with Gasteiger partial charge in [0.15, 0.2) is 0 Å². The molecule has 4 aliphatic carbocycles. The summed E-state index contributed by atoms with van der Waals surface area (Å²) < 4.78 is 0. The number of Topliss-reactive ketones (excluding diaryl/α,β-unsaturated/α-hetero) is 1. The number of carbonyl (C=O) groups excluding carboxylic acids is 1. The van der Waals surface area contributed by atoms with Gasteiger partial charge in [0.2, 0.25) is 0 Å². The lowest BCUT2D eigenvalue weighted by Gasteiger charge is -2.63. The van der Waals surface area contributed by atoms with Crippen LogP contribution in [0.1, 0.15) is 112 Å². The average Bonchev–Trinajstić information content (AvgIpc) is 3.05. The first-order valence-corrected chi connectivity index (χ1v) is 13.1. The molecule has 8 atom stereocenters. The molecule has 0 aromatic rings. The minimum Gasteiger partial charge on any atom is -0.300 e. The monoisotopic (exact) mass is 411 g/mol. The van der Waals surface area contributed by atoms with E-state index < -0.39 is 0 Å². The van der Waals surface area contributed by atoms with Crippen molar-refractivity contribution in [1.29, 1.82) is 5.26 Å². The van der Waals surface area contributed by atoms with Gasteiger partial charge in [0.25, 0.3) is 0 Å². The van der Waals surface area contributed by atoms with Crippen molar-refractivity contribution in [3.63, 3.8) is 0 Å². The molecule has 0 unspecified atom stereocenters. The Bertz CT molecular complexity index is 706. The van der Waals surface area contributed by atoms with Gasteiger partial charge in [-0.2, -0.15) is 5.26 Å². The summed E-state index contributed by atoms with van der Waals surface area (Å²) in [4.78, 5) is 12.3. The predicted octanol–water partition coefficient (Wildman–Crippen LogP) is 7.57. The van der Waals surface area contributed by atoms with Crippen molar-refractivity contribution in [3.05, 3.63) is 0 Å². The maximum absolute atomic E-state index is 12.3. The van der Waals surface area contributed by atoms with E-state index in [9.17, 15) is 10.1 Å². The van der Waals surface area contributed by atoms with Crippen LogP contribution < -0.4 is 0 Å². The Morgan fingerprint density at radius 2 is 1.77 bits per heavy atom. The molecule has 2 heteroatoms. The highest BCUT2D eigenvalue weighted by molar-refractivity contribution is 5.81. The van der Waals surface area contributed by atoms with Crippen LogP contribution in [0, 0.1) is 63.1 Å². The third-order valence-corrected chi connectivity index (χ3v) is 11.1. The summed E-state index contributed by atoms with van der Waals surface area (Å²) in [6.07, 6.45) is 14.0. The zero-order chi connectivity index (χ0) is 21.7. The van der Waals surface area contributed by atoms with E-state index in [-0.39, 0.29) is 10.8 Å². The quantitative estimate of drug-likeness (QED) is 0.468. The van der Waals surface area contributed by atoms with Crippen LogP contribution in [0.5, 0.6) is 0 Å². The molecule has 2 nitrogen and oxygen atoms in total. The second-order valence-corrected chi connectivity index (χ2v) is 12.8. The molecule has 0 radical (unpaired) electrons. The molecule has 0 saturated heterocycles. The van der Waals surface area contributed by atoms with E-state index >= 15 is 0 Å². The fourth-order valence-electron chi connectivity index (χ4n) is 9.32. The number of hydrogen-bond donors (Lipinski definition) is 0. The molecule has 168 valence electrons. The van der Waals surface area contributed by atoms with Crippen LogP contribution in [-0.2, 0) is 4.79 Å². The van der Waals surface area contributed by atoms with Gasteiger partial charge in [-0.25, -0.2) is 0 Å². The molecule has 0 amide bonds. The van der Waals surface area contributed by atoms with Gasteiger partial charge in [-0.1, -0.05) is 53.9 Å². The first-order valence-electron chi connectivity index (χ1n) is 13.1. The van der Waals surface area contributed by atoms with Gasteiger partial charge in [0, 0.05) is 12.8 Å². The highest BCUT2D eigenvalue weighted by atomic mass is 16.1. The van der Waals surface area contributed by atoms with E-state index in [1.807, 2.05) is 0 Å².